The van der Waals surface area contributed by atoms with Crippen molar-refractivity contribution in [1.29, 1.82) is 0 Å². The van der Waals surface area contributed by atoms with Crippen molar-refractivity contribution in [3.63, 3.8) is 0 Å². The number of rotatable bonds is 7. The van der Waals surface area contributed by atoms with Gasteiger partial charge in [-0.3, -0.25) is 4.79 Å². The summed E-state index contributed by atoms with van der Waals surface area (Å²) in [4.78, 5) is 26.7. The molecule has 5 heteroatoms. The monoisotopic (exact) mass is 331 g/mol. The van der Waals surface area contributed by atoms with Gasteiger partial charge in [0.2, 0.25) is 0 Å². The van der Waals surface area contributed by atoms with Crippen molar-refractivity contribution in [1.82, 2.24) is 4.90 Å². The predicted molar refractivity (Wildman–Crippen MR) is 92.1 cm³/mol. The Labute approximate surface area is 143 Å². The van der Waals surface area contributed by atoms with Gasteiger partial charge >= 0.3 is 5.97 Å². The zero-order chi connectivity index (χ0) is 17.4. The number of allylic oxidation sites excluding steroid dienone is 1. The molecule has 0 N–H and O–H groups in total. The number of esters is 1. The van der Waals surface area contributed by atoms with Crippen molar-refractivity contribution in [3.8, 4) is 5.75 Å². The third-order valence-corrected chi connectivity index (χ3v) is 3.93. The summed E-state index contributed by atoms with van der Waals surface area (Å²) < 4.78 is 10.8. The molecule has 0 radical (unpaired) electrons. The van der Waals surface area contributed by atoms with E-state index in [1.807, 2.05) is 32.1 Å². The summed E-state index contributed by atoms with van der Waals surface area (Å²) in [5, 5.41) is 0. The minimum Gasteiger partial charge on any atom is -0.493 e. The van der Waals surface area contributed by atoms with E-state index in [1.54, 1.807) is 23.1 Å². The molecule has 1 atom stereocenters. The van der Waals surface area contributed by atoms with Gasteiger partial charge in [0, 0.05) is 6.54 Å². The first-order chi connectivity index (χ1) is 11.7. The molecule has 1 aromatic rings. The number of benzene rings is 1. The first-order valence-electron chi connectivity index (χ1n) is 8.53. The highest BCUT2D eigenvalue weighted by Gasteiger charge is 2.36. The van der Waals surface area contributed by atoms with Crippen LogP contribution in [0.15, 0.2) is 36.4 Å². The molecule has 0 aromatic heterocycles. The Morgan fingerprint density at radius 2 is 2.04 bits per heavy atom. The van der Waals surface area contributed by atoms with E-state index in [-0.39, 0.29) is 18.5 Å². The molecule has 1 unspecified atom stereocenters. The summed E-state index contributed by atoms with van der Waals surface area (Å²) in [5.74, 6) is 0.0352. The van der Waals surface area contributed by atoms with E-state index in [1.165, 1.54) is 0 Å². The molecule has 1 saturated heterocycles. The van der Waals surface area contributed by atoms with Crippen molar-refractivity contribution in [2.75, 3.05) is 19.8 Å². The van der Waals surface area contributed by atoms with E-state index in [9.17, 15) is 9.59 Å². The molecule has 24 heavy (non-hydrogen) atoms. The Morgan fingerprint density at radius 1 is 1.25 bits per heavy atom. The average molecular weight is 331 g/mol. The van der Waals surface area contributed by atoms with Crippen LogP contribution in [0.25, 0.3) is 0 Å². The van der Waals surface area contributed by atoms with Crippen LogP contribution in [0.5, 0.6) is 5.75 Å². The van der Waals surface area contributed by atoms with E-state index in [0.717, 1.165) is 12.8 Å². The van der Waals surface area contributed by atoms with Gasteiger partial charge in [0.15, 0.2) is 0 Å². The summed E-state index contributed by atoms with van der Waals surface area (Å²) in [6, 6.07) is 6.63. The maximum absolute atomic E-state index is 12.9. The van der Waals surface area contributed by atoms with Crippen LogP contribution in [-0.4, -0.2) is 42.6 Å². The molecule has 5 nitrogen and oxygen atoms in total. The highest BCUT2D eigenvalue weighted by molar-refractivity contribution is 5.99. The number of carbonyl (C=O) groups is 2. The fraction of sp³-hybridized carbons (Fsp3) is 0.474. The first-order valence-corrected chi connectivity index (χ1v) is 8.53. The zero-order valence-electron chi connectivity index (χ0n) is 14.4. The third kappa shape index (κ3) is 4.37. The van der Waals surface area contributed by atoms with Gasteiger partial charge in [0.1, 0.15) is 18.4 Å². The van der Waals surface area contributed by atoms with E-state index in [0.29, 0.717) is 30.9 Å². The minimum atomic E-state index is -0.512. The van der Waals surface area contributed by atoms with Crippen LogP contribution in [0.1, 0.15) is 43.5 Å². The molecule has 0 bridgehead atoms. The van der Waals surface area contributed by atoms with Crippen LogP contribution in [0.2, 0.25) is 0 Å². The van der Waals surface area contributed by atoms with Crippen LogP contribution in [0.3, 0.4) is 0 Å². The molecule has 1 aliphatic rings. The van der Waals surface area contributed by atoms with Crippen molar-refractivity contribution in [3.05, 3.63) is 42.0 Å². The van der Waals surface area contributed by atoms with Crippen LogP contribution in [0, 0.1) is 0 Å². The lowest BCUT2D eigenvalue weighted by Gasteiger charge is -2.24. The quantitative estimate of drug-likeness (QED) is 0.569. The maximum Gasteiger partial charge on any atom is 0.329 e. The maximum atomic E-state index is 12.9. The number of nitrogens with zero attached hydrogens (tertiary/aromatic N) is 1. The molecule has 2 rings (SSSR count). The summed E-state index contributed by atoms with van der Waals surface area (Å²) in [5.41, 5.74) is 0.491. The molecule has 1 aromatic carbocycles. The van der Waals surface area contributed by atoms with Crippen LogP contribution in [0.4, 0.5) is 0 Å². The summed E-state index contributed by atoms with van der Waals surface area (Å²) in [6.07, 6.45) is 6.11. The lowest BCUT2D eigenvalue weighted by atomic mass is 10.1. The van der Waals surface area contributed by atoms with E-state index < -0.39 is 6.04 Å². The molecule has 0 spiro atoms. The second-order valence-corrected chi connectivity index (χ2v) is 5.60. The Kier molecular flexibility index (Phi) is 6.85. The van der Waals surface area contributed by atoms with Crippen molar-refractivity contribution >= 4 is 11.9 Å². The third-order valence-electron chi connectivity index (χ3n) is 3.93. The van der Waals surface area contributed by atoms with Crippen molar-refractivity contribution < 1.29 is 19.1 Å². The van der Waals surface area contributed by atoms with Gasteiger partial charge in [-0.15, -0.1) is 0 Å². The van der Waals surface area contributed by atoms with E-state index in [4.69, 9.17) is 9.47 Å². The molecular formula is C19H25NO4. The predicted octanol–water partition coefficient (Wildman–Crippen LogP) is 3.20. The van der Waals surface area contributed by atoms with Crippen LogP contribution in [-0.2, 0) is 9.53 Å². The Morgan fingerprint density at radius 3 is 2.79 bits per heavy atom. The summed E-state index contributed by atoms with van der Waals surface area (Å²) in [7, 11) is 0. The zero-order valence-corrected chi connectivity index (χ0v) is 14.4. The highest BCUT2D eigenvalue weighted by Crippen LogP contribution is 2.25. The highest BCUT2D eigenvalue weighted by atomic mass is 16.5. The number of ether oxygens (including phenoxy) is 2. The number of amides is 1. The van der Waals surface area contributed by atoms with Gasteiger partial charge in [-0.2, -0.15) is 0 Å². The fourth-order valence-electron chi connectivity index (χ4n) is 2.80. The summed E-state index contributed by atoms with van der Waals surface area (Å²) in [6.45, 7) is 5.19. The Balaban J connectivity index is 2.08. The van der Waals surface area contributed by atoms with Gasteiger partial charge < -0.3 is 14.4 Å². The lowest BCUT2D eigenvalue weighted by molar-refractivity contribution is -0.146. The minimum absolute atomic E-state index is 0.178. The Hall–Kier alpha value is -2.30. The summed E-state index contributed by atoms with van der Waals surface area (Å²) >= 11 is 0. The van der Waals surface area contributed by atoms with Crippen molar-refractivity contribution in [2.24, 2.45) is 0 Å². The molecular weight excluding hydrogens is 306 g/mol. The standard InChI is InChI=1S/C19H25NO4/c1-3-5-8-14-24-19(22)16-11-9-13-20(16)18(21)15-10-6-7-12-17(15)23-4-2/h5-8,10,12,16H,3-4,9,11,13-14H2,1-2H3/b8-5+. The van der Waals surface area contributed by atoms with Crippen LogP contribution >= 0.6 is 0 Å². The fourth-order valence-corrected chi connectivity index (χ4v) is 2.80. The average Bonchev–Trinajstić information content (AvgIpc) is 3.08. The van der Waals surface area contributed by atoms with Crippen LogP contribution < -0.4 is 4.74 Å². The SMILES string of the molecule is CC/C=C/COC(=O)C1CCCN1C(=O)c1ccccc1OCC. The largest absolute Gasteiger partial charge is 0.493 e. The molecule has 1 heterocycles. The van der Waals surface area contributed by atoms with E-state index >= 15 is 0 Å². The topological polar surface area (TPSA) is 55.8 Å². The number of hydrogen-bond donors (Lipinski definition) is 0. The lowest BCUT2D eigenvalue weighted by Crippen LogP contribution is -2.41. The van der Waals surface area contributed by atoms with E-state index in [2.05, 4.69) is 0 Å². The molecule has 1 amide bonds. The number of hydrogen-bond acceptors (Lipinski definition) is 4. The number of carbonyl (C=O) groups excluding carboxylic acids is 2. The van der Waals surface area contributed by atoms with Crippen molar-refractivity contribution in [2.45, 2.75) is 39.2 Å². The molecule has 130 valence electrons. The molecule has 1 fully saturated rings. The molecule has 0 aliphatic carbocycles. The normalized spacial score (nSPS) is 17.2. The van der Waals surface area contributed by atoms with Gasteiger partial charge in [-0.05, 0) is 38.3 Å². The van der Waals surface area contributed by atoms with Gasteiger partial charge in [0.05, 0.1) is 12.2 Å². The van der Waals surface area contributed by atoms with Gasteiger partial charge in [-0.25, -0.2) is 4.79 Å². The second-order valence-electron chi connectivity index (χ2n) is 5.60. The number of likely N-dealkylation sites (tertiary alicyclic amines) is 1. The van der Waals surface area contributed by atoms with Gasteiger partial charge in [-0.1, -0.05) is 31.2 Å². The van der Waals surface area contributed by atoms with Gasteiger partial charge in [0.25, 0.3) is 5.91 Å². The Bertz CT molecular complexity index is 597. The first kappa shape index (κ1) is 18.0. The second kappa shape index (κ2) is 9.11. The molecule has 0 saturated carbocycles. The smallest absolute Gasteiger partial charge is 0.329 e. The number of para-hydroxylation sites is 1. The molecule has 1 aliphatic heterocycles.